The summed E-state index contributed by atoms with van der Waals surface area (Å²) >= 11 is 0. The molecule has 6 rings (SSSR count). The Morgan fingerprint density at radius 1 is 1.15 bits per heavy atom. The van der Waals surface area contributed by atoms with Gasteiger partial charge in [0.05, 0.1) is 30.4 Å². The van der Waals surface area contributed by atoms with E-state index in [1.165, 1.54) is 11.1 Å². The van der Waals surface area contributed by atoms with Crippen LogP contribution in [0.25, 0.3) is 11.3 Å². The summed E-state index contributed by atoms with van der Waals surface area (Å²) in [4.78, 5) is 17.6. The van der Waals surface area contributed by atoms with Gasteiger partial charge in [0.1, 0.15) is 0 Å². The molecular formula is C21H23N3O3. The van der Waals surface area contributed by atoms with Crippen molar-refractivity contribution in [3.8, 4) is 11.3 Å². The molecular weight excluding hydrogens is 342 g/mol. The number of aromatic nitrogens is 2. The summed E-state index contributed by atoms with van der Waals surface area (Å²) in [5, 5.41) is 20.8. The molecule has 6 nitrogen and oxygen atoms in total. The Morgan fingerprint density at radius 2 is 1.89 bits per heavy atom. The highest BCUT2D eigenvalue weighted by Crippen LogP contribution is 2.62. The Hall–Kier alpha value is -2.34. The number of aliphatic hydroxyl groups is 1. The van der Waals surface area contributed by atoms with E-state index in [-0.39, 0.29) is 35.6 Å². The van der Waals surface area contributed by atoms with Crippen molar-refractivity contribution in [2.24, 2.45) is 11.3 Å². The van der Waals surface area contributed by atoms with Gasteiger partial charge >= 0.3 is 6.09 Å². The van der Waals surface area contributed by atoms with Crippen molar-refractivity contribution in [2.45, 2.75) is 56.3 Å². The molecule has 0 unspecified atom stereocenters. The number of benzene rings is 1. The fourth-order valence-corrected chi connectivity index (χ4v) is 6.69. The number of imidazole rings is 1. The van der Waals surface area contributed by atoms with E-state index in [0.29, 0.717) is 0 Å². The summed E-state index contributed by atoms with van der Waals surface area (Å²) in [5.74, 6) is 0.164. The van der Waals surface area contributed by atoms with Gasteiger partial charge < -0.3 is 19.7 Å². The third-order valence-corrected chi connectivity index (χ3v) is 7.73. The number of aliphatic hydroxyl groups excluding tert-OH is 1. The largest absolute Gasteiger partial charge is 0.465 e. The maximum atomic E-state index is 11.6. The summed E-state index contributed by atoms with van der Waals surface area (Å²) in [7, 11) is 0. The summed E-state index contributed by atoms with van der Waals surface area (Å²) in [6, 6.07) is 8.72. The molecule has 6 atom stereocenters. The van der Waals surface area contributed by atoms with E-state index in [1.807, 2.05) is 12.5 Å². The first kappa shape index (κ1) is 15.7. The van der Waals surface area contributed by atoms with Crippen LogP contribution >= 0.6 is 0 Å². The first-order valence-electron chi connectivity index (χ1n) is 9.89. The molecule has 1 spiro atoms. The minimum absolute atomic E-state index is 0.0801. The average Bonchev–Trinajstić information content (AvgIpc) is 3.32. The Morgan fingerprint density at radius 3 is 2.59 bits per heavy atom. The molecule has 4 aliphatic rings. The zero-order chi connectivity index (χ0) is 18.3. The van der Waals surface area contributed by atoms with E-state index in [0.717, 1.165) is 37.8 Å². The molecule has 2 saturated heterocycles. The van der Waals surface area contributed by atoms with Crippen molar-refractivity contribution in [1.82, 2.24) is 14.5 Å². The molecule has 1 aliphatic carbocycles. The van der Waals surface area contributed by atoms with Crippen LogP contribution in [0.15, 0.2) is 36.8 Å². The fourth-order valence-electron chi connectivity index (χ4n) is 6.69. The van der Waals surface area contributed by atoms with Crippen LogP contribution in [0.1, 0.15) is 43.7 Å². The molecule has 2 bridgehead atoms. The molecule has 6 heteroatoms. The van der Waals surface area contributed by atoms with Gasteiger partial charge in [0.25, 0.3) is 0 Å². The third-order valence-electron chi connectivity index (χ3n) is 7.73. The zero-order valence-corrected chi connectivity index (χ0v) is 15.0. The van der Waals surface area contributed by atoms with Crippen LogP contribution in [0.3, 0.4) is 0 Å². The highest BCUT2D eigenvalue weighted by Gasteiger charge is 2.62. The SMILES string of the molecule is O=C(O)N1[C@@H]2CC[C@H]1C[C@]1(C[C@H]([C@@H]3c4ccccc4-c4cncn43)[C@H]1O)C2. The second kappa shape index (κ2) is 5.13. The number of amides is 1. The van der Waals surface area contributed by atoms with Gasteiger partial charge in [0, 0.05) is 29.0 Å². The minimum Gasteiger partial charge on any atom is -0.465 e. The van der Waals surface area contributed by atoms with Gasteiger partial charge in [-0.05, 0) is 37.7 Å². The van der Waals surface area contributed by atoms with E-state index in [4.69, 9.17) is 0 Å². The quantitative estimate of drug-likeness (QED) is 0.814. The second-order valence-electron chi connectivity index (χ2n) is 8.88. The smallest absolute Gasteiger partial charge is 0.407 e. The van der Waals surface area contributed by atoms with Crippen LogP contribution in [0.4, 0.5) is 4.79 Å². The van der Waals surface area contributed by atoms with Crippen molar-refractivity contribution in [2.75, 3.05) is 0 Å². The number of carboxylic acid groups (broad SMARTS) is 1. The van der Waals surface area contributed by atoms with Gasteiger partial charge in [-0.2, -0.15) is 0 Å². The van der Waals surface area contributed by atoms with Gasteiger partial charge in [0.15, 0.2) is 0 Å². The Balaban J connectivity index is 1.31. The number of hydrogen-bond donors (Lipinski definition) is 2. The highest BCUT2D eigenvalue weighted by molar-refractivity contribution is 5.69. The molecule has 2 N–H and O–H groups in total. The van der Waals surface area contributed by atoms with Crippen molar-refractivity contribution in [3.63, 3.8) is 0 Å². The van der Waals surface area contributed by atoms with Gasteiger partial charge in [-0.3, -0.25) is 0 Å². The highest BCUT2D eigenvalue weighted by atomic mass is 16.4. The standard InChI is InChI=1S/C21H23N3O3/c25-19-16(9-21(19)7-12-5-6-13(8-21)24(12)20(26)27)18-15-4-2-1-3-14(15)17-10-22-11-23(17)18/h1-4,10-13,16,18-19,25H,5-9H2,(H,26,27)/t12-,13+,16-,18+,19-,21+/m1/s1. The topological polar surface area (TPSA) is 78.6 Å². The number of piperidine rings is 1. The van der Waals surface area contributed by atoms with Crippen LogP contribution < -0.4 is 0 Å². The number of nitrogens with zero attached hydrogens (tertiary/aromatic N) is 3. The van der Waals surface area contributed by atoms with Gasteiger partial charge in [-0.25, -0.2) is 9.78 Å². The maximum Gasteiger partial charge on any atom is 0.407 e. The Bertz CT molecular complexity index is 924. The van der Waals surface area contributed by atoms with Gasteiger partial charge in [-0.15, -0.1) is 0 Å². The Labute approximate surface area is 157 Å². The molecule has 2 aromatic rings. The maximum absolute atomic E-state index is 11.6. The molecule has 1 saturated carbocycles. The third kappa shape index (κ3) is 1.89. The minimum atomic E-state index is -0.796. The van der Waals surface area contributed by atoms with Crippen LogP contribution in [0, 0.1) is 11.3 Å². The summed E-state index contributed by atoms with van der Waals surface area (Å²) in [6.07, 6.45) is 7.06. The van der Waals surface area contributed by atoms with Gasteiger partial charge in [-0.1, -0.05) is 24.3 Å². The Kier molecular flexibility index (Phi) is 2.98. The van der Waals surface area contributed by atoms with E-state index < -0.39 is 6.09 Å². The van der Waals surface area contributed by atoms with Gasteiger partial charge in [0.2, 0.25) is 0 Å². The lowest BCUT2D eigenvalue weighted by Gasteiger charge is -2.59. The molecule has 1 amide bonds. The van der Waals surface area contributed by atoms with Crippen LogP contribution in [-0.2, 0) is 0 Å². The summed E-state index contributed by atoms with van der Waals surface area (Å²) in [6.45, 7) is 0. The monoisotopic (exact) mass is 365 g/mol. The van der Waals surface area contributed by atoms with E-state index >= 15 is 0 Å². The lowest BCUT2D eigenvalue weighted by Crippen LogP contribution is -2.62. The van der Waals surface area contributed by atoms with Crippen LogP contribution in [0.2, 0.25) is 0 Å². The number of carbonyl (C=O) groups is 1. The summed E-state index contributed by atoms with van der Waals surface area (Å²) in [5.41, 5.74) is 3.51. The number of hydrogen-bond acceptors (Lipinski definition) is 3. The van der Waals surface area contributed by atoms with E-state index in [9.17, 15) is 15.0 Å². The molecule has 1 aromatic heterocycles. The zero-order valence-electron chi connectivity index (χ0n) is 15.0. The second-order valence-corrected chi connectivity index (χ2v) is 8.88. The summed E-state index contributed by atoms with van der Waals surface area (Å²) < 4.78 is 2.21. The molecule has 3 fully saturated rings. The van der Waals surface area contributed by atoms with Crippen molar-refractivity contribution >= 4 is 6.09 Å². The molecule has 1 aromatic carbocycles. The van der Waals surface area contributed by atoms with Crippen LogP contribution in [-0.4, -0.2) is 48.9 Å². The van der Waals surface area contributed by atoms with E-state index in [1.54, 1.807) is 4.90 Å². The molecule has 4 heterocycles. The van der Waals surface area contributed by atoms with E-state index in [2.05, 4.69) is 33.8 Å². The molecule has 0 radical (unpaired) electrons. The van der Waals surface area contributed by atoms with Crippen LogP contribution in [0.5, 0.6) is 0 Å². The normalized spacial score (nSPS) is 38.6. The molecule has 27 heavy (non-hydrogen) atoms. The lowest BCUT2D eigenvalue weighted by atomic mass is 9.51. The fraction of sp³-hybridized carbons (Fsp3) is 0.524. The predicted molar refractivity (Wildman–Crippen MR) is 98.3 cm³/mol. The first-order valence-corrected chi connectivity index (χ1v) is 9.89. The number of rotatable bonds is 1. The number of fused-ring (bicyclic) bond motifs is 5. The van der Waals surface area contributed by atoms with Crippen molar-refractivity contribution < 1.29 is 15.0 Å². The van der Waals surface area contributed by atoms with Crippen molar-refractivity contribution in [1.29, 1.82) is 0 Å². The molecule has 3 aliphatic heterocycles. The first-order chi connectivity index (χ1) is 13.1. The average molecular weight is 365 g/mol. The predicted octanol–water partition coefficient (Wildman–Crippen LogP) is 3.12. The van der Waals surface area contributed by atoms with Crippen molar-refractivity contribution in [3.05, 3.63) is 42.4 Å². The molecule has 140 valence electrons. The lowest BCUT2D eigenvalue weighted by molar-refractivity contribution is -0.166.